The Morgan fingerprint density at radius 2 is 2.18 bits per heavy atom. The second-order valence-electron chi connectivity index (χ2n) is 4.97. The Morgan fingerprint density at radius 3 is 2.65 bits per heavy atom. The number of hydrogen-bond acceptors (Lipinski definition) is 3. The van der Waals surface area contributed by atoms with Gasteiger partial charge in [0, 0.05) is 4.88 Å². The SMILES string of the molecule is CCC1CCC(C(NN)c2sccc2Cl)CC1. The van der Waals surface area contributed by atoms with E-state index < -0.39 is 0 Å². The number of halogens is 1. The first-order valence-corrected chi connectivity index (χ1v) is 7.71. The van der Waals surface area contributed by atoms with Crippen molar-refractivity contribution in [3.05, 3.63) is 21.3 Å². The van der Waals surface area contributed by atoms with Crippen molar-refractivity contribution < 1.29 is 0 Å². The quantitative estimate of drug-likeness (QED) is 0.639. The third-order valence-electron chi connectivity index (χ3n) is 4.05. The van der Waals surface area contributed by atoms with Gasteiger partial charge in [-0.1, -0.05) is 37.8 Å². The molecule has 96 valence electrons. The summed E-state index contributed by atoms with van der Waals surface area (Å²) in [7, 11) is 0. The highest BCUT2D eigenvalue weighted by molar-refractivity contribution is 7.10. The molecule has 0 spiro atoms. The number of nitrogens with two attached hydrogens (primary N) is 1. The molecule has 1 aliphatic carbocycles. The lowest BCUT2D eigenvalue weighted by Gasteiger charge is -2.33. The van der Waals surface area contributed by atoms with Crippen molar-refractivity contribution >= 4 is 22.9 Å². The van der Waals surface area contributed by atoms with Crippen LogP contribution in [0.2, 0.25) is 5.02 Å². The molecule has 0 amide bonds. The predicted molar refractivity (Wildman–Crippen MR) is 75.1 cm³/mol. The van der Waals surface area contributed by atoms with Gasteiger partial charge in [-0.05, 0) is 36.1 Å². The smallest absolute Gasteiger partial charge is 0.0596 e. The zero-order valence-electron chi connectivity index (χ0n) is 10.3. The van der Waals surface area contributed by atoms with Crippen molar-refractivity contribution in [3.63, 3.8) is 0 Å². The van der Waals surface area contributed by atoms with Crippen LogP contribution in [0.5, 0.6) is 0 Å². The largest absolute Gasteiger partial charge is 0.271 e. The summed E-state index contributed by atoms with van der Waals surface area (Å²) >= 11 is 7.91. The standard InChI is InChI=1S/C13H21ClN2S/c1-2-9-3-5-10(6-4-9)12(16-15)13-11(14)7-8-17-13/h7-10,12,16H,2-6,15H2,1H3. The van der Waals surface area contributed by atoms with Crippen molar-refractivity contribution in [2.24, 2.45) is 17.7 Å². The Morgan fingerprint density at radius 1 is 1.47 bits per heavy atom. The maximum absolute atomic E-state index is 6.20. The molecule has 1 aromatic rings. The first-order chi connectivity index (χ1) is 8.26. The van der Waals surface area contributed by atoms with Gasteiger partial charge in [-0.15, -0.1) is 11.3 Å². The van der Waals surface area contributed by atoms with Gasteiger partial charge >= 0.3 is 0 Å². The molecule has 1 aliphatic rings. The Labute approximate surface area is 113 Å². The van der Waals surface area contributed by atoms with Crippen LogP contribution < -0.4 is 11.3 Å². The van der Waals surface area contributed by atoms with Crippen LogP contribution in [-0.2, 0) is 0 Å². The topological polar surface area (TPSA) is 38.0 Å². The van der Waals surface area contributed by atoms with E-state index in [0.717, 1.165) is 10.9 Å². The molecule has 4 heteroatoms. The Bertz CT molecular complexity index is 345. The molecule has 1 atom stereocenters. The van der Waals surface area contributed by atoms with Crippen molar-refractivity contribution in [1.29, 1.82) is 0 Å². The van der Waals surface area contributed by atoms with Crippen LogP contribution in [0.1, 0.15) is 49.9 Å². The lowest BCUT2D eigenvalue weighted by atomic mass is 9.77. The molecule has 1 unspecified atom stereocenters. The fourth-order valence-electron chi connectivity index (χ4n) is 2.88. The highest BCUT2D eigenvalue weighted by atomic mass is 35.5. The molecule has 1 fully saturated rings. The summed E-state index contributed by atoms with van der Waals surface area (Å²) in [5.41, 5.74) is 2.97. The van der Waals surface area contributed by atoms with E-state index >= 15 is 0 Å². The number of nitrogens with one attached hydrogen (secondary N) is 1. The molecule has 0 radical (unpaired) electrons. The van der Waals surface area contributed by atoms with Crippen LogP contribution in [0.4, 0.5) is 0 Å². The molecule has 2 nitrogen and oxygen atoms in total. The molecule has 1 aromatic heterocycles. The van der Waals surface area contributed by atoms with Crippen LogP contribution in [0.3, 0.4) is 0 Å². The third kappa shape index (κ3) is 3.02. The van der Waals surface area contributed by atoms with Crippen molar-refractivity contribution in [1.82, 2.24) is 5.43 Å². The average molecular weight is 273 g/mol. The number of thiophene rings is 1. The van der Waals surface area contributed by atoms with Gasteiger partial charge in [0.2, 0.25) is 0 Å². The highest BCUT2D eigenvalue weighted by Gasteiger charge is 2.29. The van der Waals surface area contributed by atoms with E-state index in [2.05, 4.69) is 12.3 Å². The van der Waals surface area contributed by atoms with Gasteiger partial charge in [-0.2, -0.15) is 0 Å². The van der Waals surface area contributed by atoms with Crippen molar-refractivity contribution in [3.8, 4) is 0 Å². The minimum absolute atomic E-state index is 0.236. The fraction of sp³-hybridized carbons (Fsp3) is 0.692. The van der Waals surface area contributed by atoms with Gasteiger partial charge < -0.3 is 0 Å². The van der Waals surface area contributed by atoms with Crippen LogP contribution in [0.15, 0.2) is 11.4 Å². The predicted octanol–water partition coefficient (Wildman–Crippen LogP) is 4.12. The summed E-state index contributed by atoms with van der Waals surface area (Å²) in [5.74, 6) is 7.29. The number of rotatable bonds is 4. The van der Waals surface area contributed by atoms with Crippen LogP contribution >= 0.6 is 22.9 Å². The number of hydrogen-bond donors (Lipinski definition) is 2. The van der Waals surface area contributed by atoms with E-state index in [4.69, 9.17) is 17.4 Å². The first-order valence-electron chi connectivity index (χ1n) is 6.45. The summed E-state index contributed by atoms with van der Waals surface area (Å²) in [5, 5.41) is 2.90. The third-order valence-corrected chi connectivity index (χ3v) is 5.49. The Hall–Kier alpha value is -0.0900. The molecule has 1 saturated carbocycles. The molecule has 0 aromatic carbocycles. The summed E-state index contributed by atoms with van der Waals surface area (Å²) < 4.78 is 0. The second-order valence-corrected chi connectivity index (χ2v) is 6.32. The first kappa shape index (κ1) is 13.3. The molecule has 1 heterocycles. The summed E-state index contributed by atoms with van der Waals surface area (Å²) in [6, 6.07) is 2.20. The lowest BCUT2D eigenvalue weighted by Crippen LogP contribution is -2.35. The molecule has 17 heavy (non-hydrogen) atoms. The normalized spacial score (nSPS) is 27.0. The minimum Gasteiger partial charge on any atom is -0.271 e. The van der Waals surface area contributed by atoms with E-state index in [0.29, 0.717) is 5.92 Å². The molecule has 0 aliphatic heterocycles. The molecule has 0 bridgehead atoms. The summed E-state index contributed by atoms with van der Waals surface area (Å²) in [6.45, 7) is 2.29. The molecular formula is C13H21ClN2S. The summed E-state index contributed by atoms with van der Waals surface area (Å²) in [6.07, 6.45) is 6.51. The zero-order chi connectivity index (χ0) is 12.3. The molecule has 3 N–H and O–H groups in total. The Kier molecular flexibility index (Phi) is 4.86. The Balaban J connectivity index is 2.03. The van der Waals surface area contributed by atoms with Gasteiger partial charge in [0.1, 0.15) is 0 Å². The van der Waals surface area contributed by atoms with Gasteiger partial charge in [0.15, 0.2) is 0 Å². The monoisotopic (exact) mass is 272 g/mol. The van der Waals surface area contributed by atoms with E-state index in [-0.39, 0.29) is 6.04 Å². The fourth-order valence-corrected chi connectivity index (χ4v) is 4.21. The number of hydrazine groups is 1. The zero-order valence-corrected chi connectivity index (χ0v) is 11.9. The van der Waals surface area contributed by atoms with Gasteiger partial charge in [-0.3, -0.25) is 11.3 Å². The van der Waals surface area contributed by atoms with Crippen LogP contribution in [0, 0.1) is 11.8 Å². The van der Waals surface area contributed by atoms with E-state index in [1.54, 1.807) is 11.3 Å². The average Bonchev–Trinajstić information content (AvgIpc) is 2.78. The molecule has 0 saturated heterocycles. The van der Waals surface area contributed by atoms with E-state index in [1.807, 2.05) is 11.4 Å². The lowest BCUT2D eigenvalue weighted by molar-refractivity contribution is 0.221. The van der Waals surface area contributed by atoms with Crippen molar-refractivity contribution in [2.75, 3.05) is 0 Å². The van der Waals surface area contributed by atoms with E-state index in [9.17, 15) is 0 Å². The minimum atomic E-state index is 0.236. The summed E-state index contributed by atoms with van der Waals surface area (Å²) in [4.78, 5) is 1.20. The maximum atomic E-state index is 6.20. The van der Waals surface area contributed by atoms with Gasteiger partial charge in [0.05, 0.1) is 11.1 Å². The van der Waals surface area contributed by atoms with Crippen LogP contribution in [-0.4, -0.2) is 0 Å². The molecule has 2 rings (SSSR count). The van der Waals surface area contributed by atoms with Crippen LogP contribution in [0.25, 0.3) is 0 Å². The van der Waals surface area contributed by atoms with Gasteiger partial charge in [-0.25, -0.2) is 0 Å². The van der Waals surface area contributed by atoms with Crippen molar-refractivity contribution in [2.45, 2.75) is 45.1 Å². The second kappa shape index (κ2) is 6.19. The highest BCUT2D eigenvalue weighted by Crippen LogP contribution is 2.41. The molecular weight excluding hydrogens is 252 g/mol. The van der Waals surface area contributed by atoms with Gasteiger partial charge in [0.25, 0.3) is 0 Å². The van der Waals surface area contributed by atoms with E-state index in [1.165, 1.54) is 37.0 Å². The maximum Gasteiger partial charge on any atom is 0.0596 e.